The van der Waals surface area contributed by atoms with E-state index in [9.17, 15) is 13.2 Å². The van der Waals surface area contributed by atoms with E-state index in [4.69, 9.17) is 22.4 Å². The molecule has 3 heterocycles. The van der Waals surface area contributed by atoms with Gasteiger partial charge in [-0.05, 0) is 56.5 Å². The number of piperidine rings is 1. The van der Waals surface area contributed by atoms with Crippen molar-refractivity contribution in [1.29, 1.82) is 0 Å². The first-order chi connectivity index (χ1) is 19.5. The quantitative estimate of drug-likeness (QED) is 0.313. The number of halogens is 1. The minimum atomic E-state index is -3.36. The summed E-state index contributed by atoms with van der Waals surface area (Å²) in [6, 6.07) is 6.67. The number of nitrogens with one attached hydrogen (secondary N) is 2. The molecule has 1 atom stereocenters. The van der Waals surface area contributed by atoms with Gasteiger partial charge >= 0.3 is 0 Å². The smallest absolute Gasteiger partial charge is 0.273 e. The first-order valence-electron chi connectivity index (χ1n) is 14.0. The number of aliphatic hydroxyl groups excluding tert-OH is 1. The molecule has 0 radical (unpaired) electrons. The van der Waals surface area contributed by atoms with Crippen LogP contribution < -0.4 is 20.7 Å². The third-order valence-electron chi connectivity index (χ3n) is 7.76. The van der Waals surface area contributed by atoms with Crippen LogP contribution in [-0.4, -0.2) is 103 Å². The lowest BCUT2D eigenvalue weighted by atomic mass is 9.97. The Morgan fingerprint density at radius 3 is 2.59 bits per heavy atom. The highest BCUT2D eigenvalue weighted by Crippen LogP contribution is 2.30. The first-order valence-corrected chi connectivity index (χ1v) is 16.3. The number of aryl methyl sites for hydroxylation is 1. The van der Waals surface area contributed by atoms with Crippen LogP contribution in [0.2, 0.25) is 5.15 Å². The van der Waals surface area contributed by atoms with Gasteiger partial charge in [0, 0.05) is 44.8 Å². The van der Waals surface area contributed by atoms with Gasteiger partial charge in [-0.3, -0.25) is 19.3 Å². The van der Waals surface area contributed by atoms with Gasteiger partial charge in [-0.25, -0.2) is 18.4 Å². The van der Waals surface area contributed by atoms with Crippen molar-refractivity contribution in [2.45, 2.75) is 51.7 Å². The van der Waals surface area contributed by atoms with Gasteiger partial charge in [-0.15, -0.1) is 0 Å². The lowest BCUT2D eigenvalue weighted by Gasteiger charge is -2.47. The number of amides is 1. The molecule has 1 amide bonds. The van der Waals surface area contributed by atoms with E-state index in [1.165, 1.54) is 6.26 Å². The summed E-state index contributed by atoms with van der Waals surface area (Å²) in [5, 5.41) is 11.6. The van der Waals surface area contributed by atoms with Crippen molar-refractivity contribution in [3.8, 4) is 0 Å². The van der Waals surface area contributed by atoms with Gasteiger partial charge < -0.3 is 21.1 Å². The van der Waals surface area contributed by atoms with Gasteiger partial charge in [-0.1, -0.05) is 30.7 Å². The fourth-order valence-corrected chi connectivity index (χ4v) is 6.55. The van der Waals surface area contributed by atoms with E-state index in [-0.39, 0.29) is 29.8 Å². The Balaban J connectivity index is 1.37. The average Bonchev–Trinajstić information content (AvgIpc) is 2.93. The summed E-state index contributed by atoms with van der Waals surface area (Å²) in [6.07, 6.45) is 4.20. The van der Waals surface area contributed by atoms with Gasteiger partial charge in [0.25, 0.3) is 5.91 Å². The van der Waals surface area contributed by atoms with E-state index in [2.05, 4.69) is 41.6 Å². The maximum Gasteiger partial charge on any atom is 0.273 e. The zero-order valence-electron chi connectivity index (χ0n) is 23.9. The Bertz CT molecular complexity index is 1340. The molecule has 0 aliphatic carbocycles. The van der Waals surface area contributed by atoms with Crippen LogP contribution in [0.1, 0.15) is 47.8 Å². The molecule has 1 aromatic heterocycles. The zero-order chi connectivity index (χ0) is 29.7. The summed E-state index contributed by atoms with van der Waals surface area (Å²) in [5.74, 6) is -0.0380. The maximum absolute atomic E-state index is 12.3. The molecule has 5 N–H and O–H groups in total. The molecule has 2 aliphatic rings. The van der Waals surface area contributed by atoms with Crippen LogP contribution in [0.3, 0.4) is 0 Å². The van der Waals surface area contributed by atoms with Crippen LogP contribution in [-0.2, 0) is 16.6 Å². The topological polar surface area (TPSA) is 157 Å². The number of piperazine rings is 1. The molecule has 1 aromatic carbocycles. The normalized spacial score (nSPS) is 19.3. The number of likely N-dealkylation sites (tertiary alicyclic amines) is 1. The van der Waals surface area contributed by atoms with Gasteiger partial charge in [0.1, 0.15) is 0 Å². The Labute approximate surface area is 247 Å². The number of carbonyl (C=O) groups is 1. The number of rotatable bonds is 10. The van der Waals surface area contributed by atoms with Gasteiger partial charge in [0.15, 0.2) is 22.5 Å². The number of nitrogens with two attached hydrogens (primary N) is 1. The SMILES string of the molecule is CC[C@H]1CN(c2nc(N)c(C(=O)NCCO)nc2Cl)CCN1C1CCN(Cc2ccc(C)cc2NS(C)(=O)=O)CC1. The lowest BCUT2D eigenvalue weighted by molar-refractivity contribution is 0.0611. The molecule has 41 heavy (non-hydrogen) atoms. The Morgan fingerprint density at radius 1 is 1.20 bits per heavy atom. The fraction of sp³-hybridized carbons (Fsp3) is 0.593. The summed E-state index contributed by atoms with van der Waals surface area (Å²) < 4.78 is 26.4. The molecule has 0 spiro atoms. The number of aliphatic hydroxyl groups is 1. The second-order valence-electron chi connectivity index (χ2n) is 10.8. The predicted octanol–water partition coefficient (Wildman–Crippen LogP) is 1.68. The third kappa shape index (κ3) is 7.98. The summed E-state index contributed by atoms with van der Waals surface area (Å²) in [5.41, 5.74) is 8.66. The van der Waals surface area contributed by atoms with E-state index in [1.807, 2.05) is 25.1 Å². The molecule has 2 aliphatic heterocycles. The van der Waals surface area contributed by atoms with Crippen molar-refractivity contribution in [2.75, 3.05) is 67.5 Å². The number of anilines is 3. The summed E-state index contributed by atoms with van der Waals surface area (Å²) in [7, 11) is -3.36. The highest BCUT2D eigenvalue weighted by atomic mass is 35.5. The van der Waals surface area contributed by atoms with E-state index in [0.717, 1.165) is 56.6 Å². The molecule has 0 saturated carbocycles. The minimum absolute atomic E-state index is 0.00570. The molecule has 14 heteroatoms. The van der Waals surface area contributed by atoms with Gasteiger partial charge in [0.2, 0.25) is 10.0 Å². The van der Waals surface area contributed by atoms with Crippen molar-refractivity contribution in [3.63, 3.8) is 0 Å². The van der Waals surface area contributed by atoms with E-state index < -0.39 is 15.9 Å². The van der Waals surface area contributed by atoms with E-state index in [1.54, 1.807) is 0 Å². The van der Waals surface area contributed by atoms with Crippen molar-refractivity contribution < 1.29 is 18.3 Å². The average molecular weight is 609 g/mol. The molecule has 4 rings (SSSR count). The molecule has 0 bridgehead atoms. The van der Waals surface area contributed by atoms with Crippen LogP contribution in [0.4, 0.5) is 17.3 Å². The second-order valence-corrected chi connectivity index (χ2v) is 12.9. The molecule has 0 unspecified atom stereocenters. The van der Waals surface area contributed by atoms with E-state index in [0.29, 0.717) is 36.7 Å². The Kier molecular flexibility index (Phi) is 10.3. The Morgan fingerprint density at radius 2 is 1.93 bits per heavy atom. The molecular weight excluding hydrogens is 568 g/mol. The first kappa shape index (κ1) is 31.2. The summed E-state index contributed by atoms with van der Waals surface area (Å²) in [4.78, 5) is 28.0. The predicted molar refractivity (Wildman–Crippen MR) is 162 cm³/mol. The lowest BCUT2D eigenvalue weighted by Crippen LogP contribution is -2.58. The number of nitrogen functional groups attached to an aromatic ring is 1. The standard InChI is InChI=1S/C27H41ClN8O4S/c1-4-20-17-35(26-24(28)31-23(25(29)32-26)27(38)30-9-14-37)12-13-36(20)21-7-10-34(11-8-21)16-19-6-5-18(2)15-22(19)33-41(3,39)40/h5-6,15,20-21,33,37H,4,7-14,16-17H2,1-3H3,(H2,29,32)(H,30,38)/t20-/m0/s1. The van der Waals surface area contributed by atoms with Crippen LogP contribution in [0.15, 0.2) is 18.2 Å². The van der Waals surface area contributed by atoms with Crippen LogP contribution >= 0.6 is 11.6 Å². The van der Waals surface area contributed by atoms with Crippen LogP contribution in [0.5, 0.6) is 0 Å². The minimum Gasteiger partial charge on any atom is -0.395 e. The molecule has 2 fully saturated rings. The largest absolute Gasteiger partial charge is 0.395 e. The van der Waals surface area contributed by atoms with Crippen molar-refractivity contribution in [2.24, 2.45) is 0 Å². The fourth-order valence-electron chi connectivity index (χ4n) is 5.72. The monoisotopic (exact) mass is 608 g/mol. The van der Waals surface area contributed by atoms with Crippen molar-refractivity contribution in [3.05, 3.63) is 40.2 Å². The zero-order valence-corrected chi connectivity index (χ0v) is 25.5. The summed E-state index contributed by atoms with van der Waals surface area (Å²) in [6.45, 7) is 8.88. The van der Waals surface area contributed by atoms with Crippen molar-refractivity contribution in [1.82, 2.24) is 25.1 Å². The molecular formula is C27H41ClN8O4S. The highest BCUT2D eigenvalue weighted by Gasteiger charge is 2.34. The number of benzene rings is 1. The number of sulfonamides is 1. The Hall–Kier alpha value is -2.71. The highest BCUT2D eigenvalue weighted by molar-refractivity contribution is 7.92. The van der Waals surface area contributed by atoms with Crippen molar-refractivity contribution >= 4 is 44.9 Å². The van der Waals surface area contributed by atoms with E-state index >= 15 is 0 Å². The third-order valence-corrected chi connectivity index (χ3v) is 8.60. The number of carbonyl (C=O) groups excluding carboxylic acids is 1. The molecule has 2 aromatic rings. The van der Waals surface area contributed by atoms with Crippen LogP contribution in [0.25, 0.3) is 0 Å². The molecule has 226 valence electrons. The summed E-state index contributed by atoms with van der Waals surface area (Å²) >= 11 is 6.47. The number of nitrogens with zero attached hydrogens (tertiary/aromatic N) is 5. The molecule has 2 saturated heterocycles. The number of aromatic nitrogens is 2. The van der Waals surface area contributed by atoms with Gasteiger partial charge in [-0.2, -0.15) is 0 Å². The van der Waals surface area contributed by atoms with Crippen LogP contribution in [0, 0.1) is 6.92 Å². The molecule has 12 nitrogen and oxygen atoms in total. The number of hydrogen-bond donors (Lipinski definition) is 4. The number of hydrogen-bond acceptors (Lipinski definition) is 10. The van der Waals surface area contributed by atoms with Gasteiger partial charge in [0.05, 0.1) is 18.6 Å². The maximum atomic E-state index is 12.3. The second kappa shape index (κ2) is 13.5.